The van der Waals surface area contributed by atoms with E-state index in [1.54, 1.807) is 6.92 Å². The Hall–Kier alpha value is -3.30. The summed E-state index contributed by atoms with van der Waals surface area (Å²) in [4.78, 5) is 45.0. The van der Waals surface area contributed by atoms with Crippen LogP contribution in [0.2, 0.25) is 0 Å². The van der Waals surface area contributed by atoms with Crippen LogP contribution in [0.5, 0.6) is 0 Å². The molecule has 1 amide bonds. The van der Waals surface area contributed by atoms with E-state index in [0.717, 1.165) is 47.3 Å². The molecule has 0 bridgehead atoms. The zero-order valence-corrected chi connectivity index (χ0v) is 20.3. The average Bonchev–Trinajstić information content (AvgIpc) is 3.43. The number of esters is 1. The van der Waals surface area contributed by atoms with Crippen molar-refractivity contribution >= 4 is 49.8 Å². The number of rotatable bonds is 6. The van der Waals surface area contributed by atoms with E-state index in [-0.39, 0.29) is 24.6 Å². The van der Waals surface area contributed by atoms with Crippen LogP contribution in [0.3, 0.4) is 0 Å². The lowest BCUT2D eigenvalue weighted by molar-refractivity contribution is -0.116. The van der Waals surface area contributed by atoms with E-state index in [4.69, 9.17) is 4.74 Å². The summed E-state index contributed by atoms with van der Waals surface area (Å²) in [5.74, 6) is -0.799. The second kappa shape index (κ2) is 9.52. The molecular formula is C25H23N3O4S2. The van der Waals surface area contributed by atoms with E-state index in [9.17, 15) is 14.4 Å². The Morgan fingerprint density at radius 3 is 2.76 bits per heavy atom. The third-order valence-corrected chi connectivity index (χ3v) is 7.96. The number of amides is 1. The molecule has 3 aromatic heterocycles. The molecular weight excluding hydrogens is 470 g/mol. The molecule has 0 atom stereocenters. The molecule has 34 heavy (non-hydrogen) atoms. The van der Waals surface area contributed by atoms with Gasteiger partial charge in [-0.15, -0.1) is 22.7 Å². The maximum atomic E-state index is 13.3. The number of hydrogen-bond acceptors (Lipinski definition) is 7. The highest BCUT2D eigenvalue weighted by atomic mass is 32.1. The fraction of sp³-hybridized carbons (Fsp3) is 0.280. The van der Waals surface area contributed by atoms with Gasteiger partial charge in [0.05, 0.1) is 23.9 Å². The van der Waals surface area contributed by atoms with Crippen molar-refractivity contribution in [1.29, 1.82) is 0 Å². The molecule has 174 valence electrons. The predicted octanol–water partition coefficient (Wildman–Crippen LogP) is 4.88. The first-order chi connectivity index (χ1) is 16.6. The molecule has 5 rings (SSSR count). The van der Waals surface area contributed by atoms with Crippen molar-refractivity contribution in [1.82, 2.24) is 9.55 Å². The normalized spacial score (nSPS) is 13.0. The number of nitrogens with zero attached hydrogens (tertiary/aromatic N) is 2. The summed E-state index contributed by atoms with van der Waals surface area (Å²) in [5, 5.41) is 5.79. The third-order valence-electron chi connectivity index (χ3n) is 5.86. The second-order valence-electron chi connectivity index (χ2n) is 8.06. The van der Waals surface area contributed by atoms with Crippen LogP contribution >= 0.6 is 22.7 Å². The van der Waals surface area contributed by atoms with Crippen LogP contribution in [-0.2, 0) is 28.9 Å². The smallest absolute Gasteiger partial charge is 0.341 e. The molecule has 1 N–H and O–H groups in total. The molecule has 0 radical (unpaired) electrons. The van der Waals surface area contributed by atoms with Gasteiger partial charge in [0.1, 0.15) is 16.4 Å². The monoisotopic (exact) mass is 493 g/mol. The van der Waals surface area contributed by atoms with Crippen molar-refractivity contribution in [3.05, 3.63) is 68.4 Å². The molecule has 0 unspecified atom stereocenters. The number of anilines is 1. The Morgan fingerprint density at radius 2 is 1.97 bits per heavy atom. The third kappa shape index (κ3) is 4.17. The molecule has 1 aliphatic carbocycles. The number of ether oxygens (including phenoxy) is 1. The molecule has 0 spiro atoms. The molecule has 0 aliphatic heterocycles. The van der Waals surface area contributed by atoms with Gasteiger partial charge < -0.3 is 10.1 Å². The zero-order chi connectivity index (χ0) is 23.7. The Labute approximate surface area is 204 Å². The van der Waals surface area contributed by atoms with Crippen LogP contribution in [0, 0.1) is 0 Å². The van der Waals surface area contributed by atoms with Gasteiger partial charge in [0.2, 0.25) is 5.91 Å². The zero-order valence-electron chi connectivity index (χ0n) is 18.6. The first kappa shape index (κ1) is 22.5. The first-order valence-electron chi connectivity index (χ1n) is 11.2. The molecule has 3 heterocycles. The number of aromatic nitrogens is 2. The van der Waals surface area contributed by atoms with Crippen LogP contribution in [-0.4, -0.2) is 28.0 Å². The SMILES string of the molecule is CCOC(=O)c1c(NC(=O)Cn2cnc3scc(-c4ccccc4)c3c2=O)sc2c1CCCC2. The minimum absolute atomic E-state index is 0.198. The molecule has 0 saturated carbocycles. The summed E-state index contributed by atoms with van der Waals surface area (Å²) in [6.45, 7) is 1.83. The molecule has 4 aromatic rings. The fourth-order valence-corrected chi connectivity index (χ4v) is 6.50. The van der Waals surface area contributed by atoms with Crippen molar-refractivity contribution in [3.63, 3.8) is 0 Å². The van der Waals surface area contributed by atoms with Crippen LogP contribution in [0.25, 0.3) is 21.3 Å². The summed E-state index contributed by atoms with van der Waals surface area (Å²) >= 11 is 2.83. The van der Waals surface area contributed by atoms with Crippen molar-refractivity contribution in [2.45, 2.75) is 39.2 Å². The number of thiophene rings is 2. The van der Waals surface area contributed by atoms with E-state index in [2.05, 4.69) is 10.3 Å². The summed E-state index contributed by atoms with van der Waals surface area (Å²) in [5.41, 5.74) is 2.91. The number of hydrogen-bond donors (Lipinski definition) is 1. The Bertz CT molecular complexity index is 1440. The van der Waals surface area contributed by atoms with Crippen molar-refractivity contribution < 1.29 is 14.3 Å². The van der Waals surface area contributed by atoms with E-state index >= 15 is 0 Å². The number of carbonyl (C=O) groups is 2. The maximum Gasteiger partial charge on any atom is 0.341 e. The van der Waals surface area contributed by atoms with Crippen molar-refractivity contribution in [2.24, 2.45) is 0 Å². The van der Waals surface area contributed by atoms with Crippen LogP contribution in [0.15, 0.2) is 46.8 Å². The Balaban J connectivity index is 1.44. The highest BCUT2D eigenvalue weighted by Crippen LogP contribution is 2.38. The lowest BCUT2D eigenvalue weighted by Gasteiger charge is -2.12. The lowest BCUT2D eigenvalue weighted by atomic mass is 9.95. The van der Waals surface area contributed by atoms with E-state index in [1.165, 1.54) is 33.6 Å². The fourth-order valence-electron chi connectivity index (χ4n) is 4.30. The van der Waals surface area contributed by atoms with Crippen LogP contribution in [0.1, 0.15) is 40.6 Å². The maximum absolute atomic E-state index is 13.3. The number of carbonyl (C=O) groups excluding carboxylic acids is 2. The summed E-state index contributed by atoms with van der Waals surface area (Å²) in [6, 6.07) is 9.65. The number of fused-ring (bicyclic) bond motifs is 2. The molecule has 1 aliphatic rings. The highest BCUT2D eigenvalue weighted by Gasteiger charge is 2.27. The predicted molar refractivity (Wildman–Crippen MR) is 135 cm³/mol. The minimum Gasteiger partial charge on any atom is -0.462 e. The lowest BCUT2D eigenvalue weighted by Crippen LogP contribution is -2.28. The van der Waals surface area contributed by atoms with Gasteiger partial charge in [-0.2, -0.15) is 0 Å². The van der Waals surface area contributed by atoms with Gasteiger partial charge in [-0.1, -0.05) is 30.3 Å². The van der Waals surface area contributed by atoms with Crippen molar-refractivity contribution in [3.8, 4) is 11.1 Å². The molecule has 7 nitrogen and oxygen atoms in total. The largest absolute Gasteiger partial charge is 0.462 e. The standard InChI is InChI=1S/C25H23N3O4S2/c1-2-32-25(31)21-16-10-6-7-11-18(16)34-23(21)27-19(29)12-28-14-26-22-20(24(28)30)17(13-33-22)15-8-4-3-5-9-15/h3-5,8-9,13-14H,2,6-7,10-12H2,1H3,(H,27,29). The molecule has 0 fully saturated rings. The van der Waals surface area contributed by atoms with E-state index < -0.39 is 5.97 Å². The minimum atomic E-state index is -0.414. The van der Waals surface area contributed by atoms with Gasteiger partial charge in [-0.3, -0.25) is 14.2 Å². The average molecular weight is 494 g/mol. The first-order valence-corrected chi connectivity index (χ1v) is 12.9. The second-order valence-corrected chi connectivity index (χ2v) is 10.0. The highest BCUT2D eigenvalue weighted by molar-refractivity contribution is 7.17. The summed E-state index contributed by atoms with van der Waals surface area (Å²) < 4.78 is 6.57. The Morgan fingerprint density at radius 1 is 1.18 bits per heavy atom. The van der Waals surface area contributed by atoms with E-state index in [1.807, 2.05) is 35.7 Å². The number of nitrogens with one attached hydrogen (secondary N) is 1. The van der Waals surface area contributed by atoms with Gasteiger partial charge >= 0.3 is 5.97 Å². The molecule has 1 aromatic carbocycles. The topological polar surface area (TPSA) is 90.3 Å². The molecule has 9 heteroatoms. The van der Waals surface area contributed by atoms with Gasteiger partial charge in [-0.05, 0) is 43.7 Å². The van der Waals surface area contributed by atoms with Gasteiger partial charge in [0.25, 0.3) is 5.56 Å². The van der Waals surface area contributed by atoms with Gasteiger partial charge in [0.15, 0.2) is 0 Å². The molecule has 0 saturated heterocycles. The van der Waals surface area contributed by atoms with Crippen LogP contribution < -0.4 is 10.9 Å². The van der Waals surface area contributed by atoms with Gasteiger partial charge in [-0.25, -0.2) is 9.78 Å². The quantitative estimate of drug-likeness (QED) is 0.387. The Kier molecular flexibility index (Phi) is 6.30. The van der Waals surface area contributed by atoms with Crippen LogP contribution in [0.4, 0.5) is 5.00 Å². The number of aryl methyl sites for hydroxylation is 1. The van der Waals surface area contributed by atoms with Crippen molar-refractivity contribution in [2.75, 3.05) is 11.9 Å². The van der Waals surface area contributed by atoms with Gasteiger partial charge in [0, 0.05) is 15.8 Å². The van der Waals surface area contributed by atoms with E-state index in [0.29, 0.717) is 20.8 Å². The summed E-state index contributed by atoms with van der Waals surface area (Å²) in [7, 11) is 0. The number of benzene rings is 1. The summed E-state index contributed by atoms with van der Waals surface area (Å²) in [6.07, 6.45) is 5.17.